The molecule has 3 aromatic rings. The molecule has 0 saturated heterocycles. The molecule has 0 radical (unpaired) electrons. The molecule has 0 bridgehead atoms. The summed E-state index contributed by atoms with van der Waals surface area (Å²) in [6.07, 6.45) is 5.14. The van der Waals surface area contributed by atoms with Crippen LogP contribution in [0.3, 0.4) is 0 Å². The molecule has 1 aromatic heterocycles. The molecule has 2 aromatic carbocycles. The zero-order valence-corrected chi connectivity index (χ0v) is 22.0. The summed E-state index contributed by atoms with van der Waals surface area (Å²) in [6.45, 7) is 8.78. The van der Waals surface area contributed by atoms with Gasteiger partial charge in [-0.2, -0.15) is 5.10 Å². The summed E-state index contributed by atoms with van der Waals surface area (Å²) in [5, 5.41) is 7.91. The lowest BCUT2D eigenvalue weighted by Gasteiger charge is -2.29. The van der Waals surface area contributed by atoms with E-state index in [1.165, 1.54) is 6.42 Å². The number of carbonyl (C=O) groups is 2. The second kappa shape index (κ2) is 11.1. The lowest BCUT2D eigenvalue weighted by atomic mass is 9.88. The van der Waals surface area contributed by atoms with Gasteiger partial charge in [-0.1, -0.05) is 88.6 Å². The highest BCUT2D eigenvalue weighted by Crippen LogP contribution is 2.28. The molecule has 1 aliphatic rings. The highest BCUT2D eigenvalue weighted by atomic mass is 16.2. The minimum absolute atomic E-state index is 0.000233. The van der Waals surface area contributed by atoms with E-state index in [-0.39, 0.29) is 29.7 Å². The fourth-order valence-corrected chi connectivity index (χ4v) is 4.80. The second-order valence-corrected chi connectivity index (χ2v) is 10.9. The van der Waals surface area contributed by atoms with Crippen LogP contribution in [0, 0.1) is 12.8 Å². The molecule has 1 N–H and O–H groups in total. The molecule has 0 spiro atoms. The van der Waals surface area contributed by atoms with Crippen LogP contribution >= 0.6 is 0 Å². The number of aryl methyl sites for hydroxylation is 1. The Kier molecular flexibility index (Phi) is 7.92. The van der Waals surface area contributed by atoms with Crippen LogP contribution in [0.25, 0.3) is 5.69 Å². The van der Waals surface area contributed by atoms with E-state index in [0.717, 1.165) is 48.2 Å². The van der Waals surface area contributed by atoms with Crippen LogP contribution in [0.1, 0.15) is 69.7 Å². The molecule has 190 valence electrons. The predicted octanol–water partition coefficient (Wildman–Crippen LogP) is 6.03. The zero-order chi connectivity index (χ0) is 25.7. The Hall–Kier alpha value is -3.41. The topological polar surface area (TPSA) is 67.2 Å². The molecule has 1 aliphatic carbocycles. The molecule has 6 nitrogen and oxygen atoms in total. The van der Waals surface area contributed by atoms with Gasteiger partial charge < -0.3 is 10.2 Å². The number of hydrogen-bond acceptors (Lipinski definition) is 3. The standard InChI is InChI=1S/C30H38N4O2/c1-22-13-11-12-18-25(22)34-27(19-26(32-34)30(2,3)4)31-28(35)21-33(20-23-14-7-5-8-15-23)29(36)24-16-9-6-10-17-24/h5,7-8,11-15,18-19,24H,6,9-10,16-17,20-21H2,1-4H3,(H,31,35). The Morgan fingerprint density at radius 2 is 1.67 bits per heavy atom. The number of nitrogens with zero attached hydrogens (tertiary/aromatic N) is 3. The number of benzene rings is 2. The normalized spacial score (nSPS) is 14.4. The first-order chi connectivity index (χ1) is 17.2. The summed E-state index contributed by atoms with van der Waals surface area (Å²) in [5.74, 6) is 0.478. The van der Waals surface area contributed by atoms with Gasteiger partial charge in [0.15, 0.2) is 0 Å². The maximum atomic E-state index is 13.5. The molecule has 4 rings (SSSR count). The zero-order valence-electron chi connectivity index (χ0n) is 22.0. The molecule has 0 unspecified atom stereocenters. The fraction of sp³-hybridized carbons (Fsp3) is 0.433. The van der Waals surface area contributed by atoms with Gasteiger partial charge in [0.25, 0.3) is 0 Å². The van der Waals surface area contributed by atoms with Crippen molar-refractivity contribution in [1.82, 2.24) is 14.7 Å². The number of nitrogens with one attached hydrogen (secondary N) is 1. The van der Waals surface area contributed by atoms with Crippen LogP contribution in [-0.2, 0) is 21.5 Å². The summed E-state index contributed by atoms with van der Waals surface area (Å²) >= 11 is 0. The van der Waals surface area contributed by atoms with Gasteiger partial charge in [-0.3, -0.25) is 9.59 Å². The van der Waals surface area contributed by atoms with E-state index in [4.69, 9.17) is 5.10 Å². The lowest BCUT2D eigenvalue weighted by molar-refractivity contribution is -0.140. The number of amides is 2. The number of para-hydroxylation sites is 1. The van der Waals surface area contributed by atoms with E-state index >= 15 is 0 Å². The first kappa shape index (κ1) is 25.7. The van der Waals surface area contributed by atoms with Gasteiger partial charge in [0.2, 0.25) is 11.8 Å². The average Bonchev–Trinajstić information content (AvgIpc) is 3.28. The van der Waals surface area contributed by atoms with Crippen LogP contribution < -0.4 is 5.32 Å². The first-order valence-electron chi connectivity index (χ1n) is 13.0. The van der Waals surface area contributed by atoms with E-state index < -0.39 is 0 Å². The van der Waals surface area contributed by atoms with Gasteiger partial charge in [0.05, 0.1) is 11.4 Å². The van der Waals surface area contributed by atoms with Gasteiger partial charge in [-0.15, -0.1) is 0 Å². The van der Waals surface area contributed by atoms with Gasteiger partial charge in [-0.05, 0) is 37.0 Å². The molecule has 1 saturated carbocycles. The van der Waals surface area contributed by atoms with Crippen LogP contribution in [-0.4, -0.2) is 33.0 Å². The number of anilines is 1. The summed E-state index contributed by atoms with van der Waals surface area (Å²) in [5.41, 5.74) is 3.72. The van der Waals surface area contributed by atoms with Crippen molar-refractivity contribution in [3.05, 3.63) is 77.5 Å². The van der Waals surface area contributed by atoms with Crippen LogP contribution in [0.4, 0.5) is 5.82 Å². The quantitative estimate of drug-likeness (QED) is 0.444. The fourth-order valence-electron chi connectivity index (χ4n) is 4.80. The monoisotopic (exact) mass is 486 g/mol. The number of rotatable bonds is 7. The Balaban J connectivity index is 1.58. The van der Waals surface area contributed by atoms with E-state index in [9.17, 15) is 9.59 Å². The summed E-state index contributed by atoms with van der Waals surface area (Å²) in [7, 11) is 0. The smallest absolute Gasteiger partial charge is 0.245 e. The molecule has 6 heteroatoms. The largest absolute Gasteiger partial charge is 0.329 e. The maximum Gasteiger partial charge on any atom is 0.245 e. The predicted molar refractivity (Wildman–Crippen MR) is 144 cm³/mol. The van der Waals surface area contributed by atoms with Crippen molar-refractivity contribution in [2.24, 2.45) is 5.92 Å². The lowest BCUT2D eigenvalue weighted by Crippen LogP contribution is -2.41. The van der Waals surface area contributed by atoms with E-state index in [2.05, 4.69) is 26.1 Å². The summed E-state index contributed by atoms with van der Waals surface area (Å²) in [6, 6.07) is 19.8. The molecular formula is C30H38N4O2. The van der Waals surface area contributed by atoms with Gasteiger partial charge in [0.1, 0.15) is 12.4 Å². The van der Waals surface area contributed by atoms with E-state index in [0.29, 0.717) is 12.4 Å². The molecule has 0 atom stereocenters. The maximum absolute atomic E-state index is 13.5. The summed E-state index contributed by atoms with van der Waals surface area (Å²) < 4.78 is 1.80. The third-order valence-electron chi connectivity index (χ3n) is 6.91. The molecule has 2 amide bonds. The van der Waals surface area contributed by atoms with Gasteiger partial charge >= 0.3 is 0 Å². The van der Waals surface area contributed by atoms with Crippen molar-refractivity contribution in [2.75, 3.05) is 11.9 Å². The van der Waals surface area contributed by atoms with E-state index in [1.807, 2.05) is 67.6 Å². The number of hydrogen-bond donors (Lipinski definition) is 1. The minimum Gasteiger partial charge on any atom is -0.329 e. The van der Waals surface area contributed by atoms with Crippen molar-refractivity contribution >= 4 is 17.6 Å². The molecular weight excluding hydrogens is 448 g/mol. The minimum atomic E-state index is -0.217. The Morgan fingerprint density at radius 3 is 2.33 bits per heavy atom. The third kappa shape index (κ3) is 6.23. The average molecular weight is 487 g/mol. The van der Waals surface area contributed by atoms with Crippen molar-refractivity contribution in [1.29, 1.82) is 0 Å². The SMILES string of the molecule is Cc1ccccc1-n1nc(C(C)(C)C)cc1NC(=O)CN(Cc1ccccc1)C(=O)C1CCCCC1. The first-order valence-corrected chi connectivity index (χ1v) is 13.0. The number of carbonyl (C=O) groups excluding carboxylic acids is 2. The Bertz CT molecular complexity index is 1190. The highest BCUT2D eigenvalue weighted by molar-refractivity contribution is 5.94. The summed E-state index contributed by atoms with van der Waals surface area (Å²) in [4.78, 5) is 28.6. The van der Waals surface area contributed by atoms with Crippen molar-refractivity contribution in [3.63, 3.8) is 0 Å². The Labute approximate surface area is 214 Å². The molecule has 1 fully saturated rings. The van der Waals surface area contributed by atoms with Crippen LogP contribution in [0.15, 0.2) is 60.7 Å². The van der Waals surface area contributed by atoms with Gasteiger partial charge in [0, 0.05) is 23.9 Å². The van der Waals surface area contributed by atoms with Crippen LogP contribution in [0.5, 0.6) is 0 Å². The van der Waals surface area contributed by atoms with Crippen LogP contribution in [0.2, 0.25) is 0 Å². The second-order valence-electron chi connectivity index (χ2n) is 10.9. The van der Waals surface area contributed by atoms with Crippen molar-refractivity contribution in [3.8, 4) is 5.69 Å². The molecule has 0 aliphatic heterocycles. The number of aromatic nitrogens is 2. The third-order valence-corrected chi connectivity index (χ3v) is 6.91. The van der Waals surface area contributed by atoms with E-state index in [1.54, 1.807) is 9.58 Å². The Morgan fingerprint density at radius 1 is 1.00 bits per heavy atom. The van der Waals surface area contributed by atoms with Gasteiger partial charge in [-0.25, -0.2) is 4.68 Å². The van der Waals surface area contributed by atoms with Crippen molar-refractivity contribution in [2.45, 2.75) is 71.8 Å². The molecule has 1 heterocycles. The molecule has 36 heavy (non-hydrogen) atoms. The van der Waals surface area contributed by atoms with Crippen molar-refractivity contribution < 1.29 is 9.59 Å². The highest BCUT2D eigenvalue weighted by Gasteiger charge is 2.28.